The average molecular weight is 1730 g/mol. The molecular formula is C98H114ClFN16O10. The van der Waals surface area contributed by atoms with Crippen molar-refractivity contribution in [1.29, 1.82) is 0 Å². The number of anilines is 3. The predicted molar refractivity (Wildman–Crippen MR) is 493 cm³/mol. The molecule has 1 aliphatic carbocycles. The number of hydrogen-bond donors (Lipinski definition) is 2. The minimum atomic E-state index is -0.644. The van der Waals surface area contributed by atoms with Gasteiger partial charge in [-0.25, -0.2) is 14.6 Å². The quantitative estimate of drug-likeness (QED) is 0.0616. The molecule has 6 bridgehead atoms. The minimum absolute atomic E-state index is 0. The Labute approximate surface area is 739 Å². The highest BCUT2D eigenvalue weighted by Gasteiger charge is 2.47. The summed E-state index contributed by atoms with van der Waals surface area (Å²) >= 11 is 6.49. The molecule has 13 heterocycles. The van der Waals surface area contributed by atoms with Crippen LogP contribution in [-0.2, 0) is 14.3 Å². The van der Waals surface area contributed by atoms with E-state index in [-0.39, 0.29) is 71.2 Å². The number of carbonyl (C=O) groups is 3. The second kappa shape index (κ2) is 35.6. The lowest BCUT2D eigenvalue weighted by atomic mass is 9.97. The number of nitrogens with zero attached hydrogens (tertiary/aromatic N) is 16. The van der Waals surface area contributed by atoms with E-state index in [2.05, 4.69) is 54.6 Å². The van der Waals surface area contributed by atoms with Crippen LogP contribution in [0.5, 0.6) is 29.3 Å². The van der Waals surface area contributed by atoms with Gasteiger partial charge in [-0.15, -0.1) is 0 Å². The van der Waals surface area contributed by atoms with Crippen molar-refractivity contribution < 1.29 is 53.0 Å². The van der Waals surface area contributed by atoms with Gasteiger partial charge in [0.05, 0.1) is 79.4 Å². The summed E-state index contributed by atoms with van der Waals surface area (Å²) in [7, 11) is 4.29. The van der Waals surface area contributed by atoms with Gasteiger partial charge in [0, 0.05) is 86.6 Å². The molecule has 8 aliphatic rings. The molecule has 0 spiro atoms. The molecule has 2 amide bonds. The van der Waals surface area contributed by atoms with E-state index in [1.807, 2.05) is 182 Å². The Balaban J connectivity index is 0.000000139. The van der Waals surface area contributed by atoms with Crippen molar-refractivity contribution in [3.63, 3.8) is 0 Å². The zero-order valence-electron chi connectivity index (χ0n) is 72.9. The summed E-state index contributed by atoms with van der Waals surface area (Å²) < 4.78 is 29.8. The number of amides is 2. The number of benzene rings is 6. The summed E-state index contributed by atoms with van der Waals surface area (Å²) in [6, 6.07) is 42.3. The summed E-state index contributed by atoms with van der Waals surface area (Å²) in [6.07, 6.45) is 17.2. The number of ether oxygens (including phenoxy) is 5. The van der Waals surface area contributed by atoms with Gasteiger partial charge in [0.15, 0.2) is 0 Å². The first kappa shape index (κ1) is 87.8. The Kier molecular flexibility index (Phi) is 24.8. The number of likely N-dealkylation sites (tertiary alicyclic amines) is 2. The maximum Gasteiger partial charge on any atom is 0.410 e. The van der Waals surface area contributed by atoms with Crippen LogP contribution in [0.25, 0.3) is 98.8 Å². The molecule has 126 heavy (non-hydrogen) atoms. The molecule has 2 N–H and O–H groups in total. The standard InChI is InChI=1S/C34H40N6O4.C33H36ClN5O4.C30H33N5O2.CH4.FH/c1-34(2,3)44-33(42)40-22-11-12-23(40)19-39(18-22)31-28-17-35-29(27-15-25(41)14-21-8-5-6-10-26(21)27)16-30(28)36-32(37-31)43-20-24-9-7-13-38(24)4;1-32(2,3)29(40)42-22-13-19-9-7-8-10-23(19)24(14-22)26-15-27-25(16-35-26)28(37-30(34)36-27)38-17-20-11-12-21(18-38)39(20)31(41)43-33(4,5)6;1-34-10-4-6-22(34)18-37-30-32-28-14-27(25-13-23(36)12-21-5-2-3-7-24(21)25)31-15-26(28)29(33-30)35-16-19-8-9-20(11-19)17-35;;/h5-6,8,10,14-17,22-24,41H,7,9,11-13,18-20H2,1-4H3;7-10,13-16,20-21H,11-12,17-18H2,1-6H3;2-3,5,7,12-15,19-20,22,36H,4,6,8-11,16-18H2,1H3;1H4;1H/t22?,23?,24-;;19?,20?,22-;;/m0.0../s1. The van der Waals surface area contributed by atoms with Gasteiger partial charge in [-0.3, -0.25) is 34.3 Å². The van der Waals surface area contributed by atoms with Gasteiger partial charge in [-0.2, -0.15) is 24.9 Å². The molecule has 6 aromatic heterocycles. The van der Waals surface area contributed by atoms with E-state index in [4.69, 9.17) is 70.2 Å². The molecule has 7 aliphatic heterocycles. The number of phenols is 2. The van der Waals surface area contributed by atoms with E-state index in [1.54, 1.807) is 30.5 Å². The normalized spacial score (nSPS) is 21.2. The van der Waals surface area contributed by atoms with Crippen molar-refractivity contribution in [1.82, 2.24) is 64.5 Å². The first-order valence-electron chi connectivity index (χ1n) is 43.8. The number of pyridine rings is 3. The topological polar surface area (TPSA) is 277 Å². The van der Waals surface area contributed by atoms with E-state index in [1.165, 1.54) is 25.7 Å². The largest absolute Gasteiger partial charge is 0.508 e. The number of carbonyl (C=O) groups excluding carboxylic acids is 3. The molecule has 28 heteroatoms. The molecule has 26 nitrogen and oxygen atoms in total. The van der Waals surface area contributed by atoms with E-state index in [0.29, 0.717) is 92.0 Å². The van der Waals surface area contributed by atoms with Gasteiger partial charge in [0.1, 0.15) is 59.1 Å². The van der Waals surface area contributed by atoms with Gasteiger partial charge in [-0.05, 0) is 270 Å². The summed E-state index contributed by atoms with van der Waals surface area (Å²) in [6.45, 7) is 24.7. The number of rotatable bonds is 13. The highest BCUT2D eigenvalue weighted by Crippen LogP contribution is 2.45. The fourth-order valence-corrected chi connectivity index (χ4v) is 19.7. The number of hydrogen-bond acceptors (Lipinski definition) is 24. The minimum Gasteiger partial charge on any atom is -0.508 e. The summed E-state index contributed by atoms with van der Waals surface area (Å²) in [4.78, 5) is 97.6. The lowest BCUT2D eigenvalue weighted by molar-refractivity contribution is -0.143. The molecular weight excluding hydrogens is 1620 g/mol. The first-order chi connectivity index (χ1) is 59.5. The average Bonchev–Trinajstić information content (AvgIpc) is 1.41. The van der Waals surface area contributed by atoms with E-state index in [0.717, 1.165) is 176 Å². The Bertz CT molecular complexity index is 6070. The maximum atomic E-state index is 13.1. The lowest BCUT2D eigenvalue weighted by Crippen LogP contribution is -2.57. The molecule has 8 atom stereocenters. The second-order valence-electron chi connectivity index (χ2n) is 38.0. The monoisotopic (exact) mass is 1730 g/mol. The first-order valence-corrected chi connectivity index (χ1v) is 44.2. The number of aromatic hydroxyl groups is 2. The smallest absolute Gasteiger partial charge is 0.410 e. The van der Waals surface area contributed by atoms with Crippen molar-refractivity contribution >= 4 is 112 Å². The highest BCUT2D eigenvalue weighted by molar-refractivity contribution is 6.29. The van der Waals surface area contributed by atoms with Gasteiger partial charge in [0.2, 0.25) is 5.28 Å². The van der Waals surface area contributed by atoms with Crippen LogP contribution in [-0.4, -0.2) is 220 Å². The molecule has 660 valence electrons. The molecule has 20 rings (SSSR count). The lowest BCUT2D eigenvalue weighted by Gasteiger charge is -2.42. The number of piperazine rings is 2. The van der Waals surface area contributed by atoms with Crippen LogP contribution in [0.2, 0.25) is 5.28 Å². The summed E-state index contributed by atoms with van der Waals surface area (Å²) in [5.74, 6) is 4.45. The maximum absolute atomic E-state index is 13.1. The SMILES string of the molecule is C.CC(C)(C)OC(=O)N1C2CCC1CN(c1nc(Cl)nc3cc(-c4cc(OC(=O)C(C)(C)C)cc5ccccc45)ncc13)C2.CN1CCC[C@H]1COc1nc(N2CC3CCC(C2)N3C(=O)OC(C)(C)C)c2cnc(-c3cc(O)cc4ccccc34)cc2n1.CN1CCC[C@H]1COc1nc(N2CC3CCC(C3)C2)c2cnc(-c3cc(O)cc4ccccc34)cc2n1.F. The molecule has 6 aromatic carbocycles. The zero-order chi connectivity index (χ0) is 86.2. The van der Waals surface area contributed by atoms with E-state index >= 15 is 0 Å². The Morgan fingerprint density at radius 2 is 0.817 bits per heavy atom. The highest BCUT2D eigenvalue weighted by atomic mass is 35.5. The zero-order valence-corrected chi connectivity index (χ0v) is 73.7. The van der Waals surface area contributed by atoms with Crippen LogP contribution in [0.4, 0.5) is 31.7 Å². The van der Waals surface area contributed by atoms with Crippen molar-refractivity contribution in [2.75, 3.05) is 94.4 Å². The van der Waals surface area contributed by atoms with Gasteiger partial charge in [0.25, 0.3) is 0 Å². The van der Waals surface area contributed by atoms with Crippen molar-refractivity contribution in [2.24, 2.45) is 17.3 Å². The third-order valence-electron chi connectivity index (χ3n) is 25.6. The second-order valence-corrected chi connectivity index (χ2v) is 38.3. The van der Waals surface area contributed by atoms with Crippen LogP contribution < -0.4 is 28.9 Å². The molecule has 12 aromatic rings. The molecule has 0 radical (unpaired) electrons. The number of phenolic OH excluding ortho intramolecular Hbond substituents is 2. The Hall–Kier alpha value is -11.7. The Morgan fingerprint density at radius 1 is 0.444 bits per heavy atom. The number of aromatic nitrogens is 9. The third kappa shape index (κ3) is 18.6. The van der Waals surface area contributed by atoms with Crippen LogP contribution >= 0.6 is 11.6 Å². The fraction of sp³-hybridized carbons (Fsp3) is 0.449. The van der Waals surface area contributed by atoms with Gasteiger partial charge < -0.3 is 58.4 Å². The van der Waals surface area contributed by atoms with Crippen LogP contribution in [0.15, 0.2) is 146 Å². The summed E-state index contributed by atoms with van der Waals surface area (Å²) in [5.41, 5.74) is 5.19. The summed E-state index contributed by atoms with van der Waals surface area (Å²) in [5, 5.41) is 29.5. The number of esters is 1. The van der Waals surface area contributed by atoms with Gasteiger partial charge in [-0.1, -0.05) is 80.2 Å². The van der Waals surface area contributed by atoms with Crippen LogP contribution in [0, 0.1) is 17.3 Å². The number of likely N-dealkylation sites (N-methyl/N-ethyl adjacent to an activating group) is 2. The van der Waals surface area contributed by atoms with Crippen LogP contribution in [0.3, 0.4) is 0 Å². The predicted octanol–water partition coefficient (Wildman–Crippen LogP) is 18.7. The third-order valence-corrected chi connectivity index (χ3v) is 25.8. The molecule has 6 unspecified atom stereocenters. The van der Waals surface area contributed by atoms with E-state index in [9.17, 15) is 24.6 Å². The molecule has 8 fully saturated rings. The number of piperidine rings is 1. The molecule has 7 saturated heterocycles. The van der Waals surface area contributed by atoms with Crippen molar-refractivity contribution in [3.8, 4) is 63.0 Å². The Morgan fingerprint density at radius 3 is 1.21 bits per heavy atom. The number of halogens is 2. The van der Waals surface area contributed by atoms with Crippen molar-refractivity contribution in [3.05, 3.63) is 151 Å². The van der Waals surface area contributed by atoms with Gasteiger partial charge >= 0.3 is 30.2 Å². The van der Waals surface area contributed by atoms with Crippen LogP contribution in [0.1, 0.15) is 140 Å². The van der Waals surface area contributed by atoms with Crippen molar-refractivity contribution in [2.45, 2.75) is 188 Å². The molecule has 1 saturated carbocycles. The van der Waals surface area contributed by atoms with E-state index < -0.39 is 16.6 Å². The fourth-order valence-electron chi connectivity index (χ4n) is 19.6. The number of fused-ring (bicyclic) bond motifs is 12.